The first-order valence-electron chi connectivity index (χ1n) is 16.6. The van der Waals surface area contributed by atoms with Gasteiger partial charge in [0, 0.05) is 0 Å². The molecule has 44 heavy (non-hydrogen) atoms. The first kappa shape index (κ1) is 38.6. The highest BCUT2D eigenvalue weighted by Gasteiger charge is 2.33. The molecular formula is C34H62O6Si4. The Bertz CT molecular complexity index is 1060. The molecule has 0 spiro atoms. The number of benzene rings is 2. The van der Waals surface area contributed by atoms with Gasteiger partial charge in [0.1, 0.15) is 0 Å². The molecule has 2 aromatic carbocycles. The van der Waals surface area contributed by atoms with Gasteiger partial charge >= 0.3 is 0 Å². The molecule has 2 rings (SSSR count). The van der Waals surface area contributed by atoms with Crippen molar-refractivity contribution in [3.8, 4) is 23.0 Å². The largest absolute Gasteiger partial charge is 0.504 e. The lowest BCUT2D eigenvalue weighted by molar-refractivity contribution is 0.373. The Balaban J connectivity index is 1.65. The summed E-state index contributed by atoms with van der Waals surface area (Å²) in [5.41, 5.74) is 2.41. The van der Waals surface area contributed by atoms with E-state index in [2.05, 4.69) is 52.4 Å². The number of unbranched alkanes of at least 4 members (excludes halogenated alkanes) is 3. The fourth-order valence-corrected chi connectivity index (χ4v) is 24.2. The van der Waals surface area contributed by atoms with Gasteiger partial charge in [0.2, 0.25) is 0 Å². The Morgan fingerprint density at radius 1 is 0.477 bits per heavy atom. The second kappa shape index (κ2) is 17.4. The average Bonchev–Trinajstić information content (AvgIpc) is 2.91. The zero-order valence-corrected chi connectivity index (χ0v) is 33.5. The number of aromatic hydroxyl groups is 2. The van der Waals surface area contributed by atoms with Gasteiger partial charge in [-0.05, 0) is 138 Å². The van der Waals surface area contributed by atoms with Crippen LogP contribution in [0.4, 0.5) is 0 Å². The molecule has 6 nitrogen and oxygen atoms in total. The van der Waals surface area contributed by atoms with Crippen LogP contribution in [0.5, 0.6) is 23.0 Å². The molecular weight excluding hydrogens is 617 g/mol. The second-order valence-electron chi connectivity index (χ2n) is 14.9. The van der Waals surface area contributed by atoms with E-state index in [0.717, 1.165) is 37.8 Å². The number of ether oxygens (including phenoxy) is 2. The van der Waals surface area contributed by atoms with Crippen LogP contribution < -0.4 is 9.47 Å². The molecule has 250 valence electrons. The smallest absolute Gasteiger partial charge is 0.173 e. The molecule has 0 atom stereocenters. The minimum absolute atomic E-state index is 0.197. The van der Waals surface area contributed by atoms with Crippen molar-refractivity contribution >= 4 is 33.3 Å². The van der Waals surface area contributed by atoms with Crippen LogP contribution in [0.1, 0.15) is 49.7 Å². The lowest BCUT2D eigenvalue weighted by Gasteiger charge is -2.35. The molecule has 0 aliphatic rings. The molecule has 0 heterocycles. The van der Waals surface area contributed by atoms with Crippen molar-refractivity contribution in [3.63, 3.8) is 0 Å². The predicted octanol–water partition coefficient (Wildman–Crippen LogP) is 10.1. The molecule has 0 amide bonds. The summed E-state index contributed by atoms with van der Waals surface area (Å²) in [6.45, 7) is 19.1. The van der Waals surface area contributed by atoms with Gasteiger partial charge in [-0.2, -0.15) is 0 Å². The van der Waals surface area contributed by atoms with Crippen molar-refractivity contribution in [3.05, 3.63) is 47.5 Å². The van der Waals surface area contributed by atoms with Crippen LogP contribution in [-0.2, 0) is 21.1 Å². The fourth-order valence-electron chi connectivity index (χ4n) is 6.35. The first-order valence-corrected chi connectivity index (χ1v) is 29.0. The Labute approximate surface area is 273 Å². The van der Waals surface area contributed by atoms with Crippen molar-refractivity contribution in [1.29, 1.82) is 0 Å². The van der Waals surface area contributed by atoms with E-state index in [4.69, 9.17) is 17.7 Å². The number of methoxy groups -OCH3 is 2. The minimum Gasteiger partial charge on any atom is -0.504 e. The third-order valence-electron chi connectivity index (χ3n) is 8.39. The van der Waals surface area contributed by atoms with Crippen molar-refractivity contribution in [2.24, 2.45) is 0 Å². The average molecular weight is 679 g/mol. The highest BCUT2D eigenvalue weighted by Crippen LogP contribution is 2.31. The quantitative estimate of drug-likeness (QED) is 0.101. The van der Waals surface area contributed by atoms with Gasteiger partial charge < -0.3 is 27.9 Å². The standard InChI is InChI=1S/C34H62O6Si4/c1-37-33-27-29(19-21-31(33)35)17-15-25-43(7,8)39-41(3,4)23-13-11-12-14-24-42(5,6)40-44(9,10)26-16-18-30-20-22-32(36)34(28-30)38-2/h19-22,27-28,35-36H,11-18,23-26H2,1-10H3. The van der Waals surface area contributed by atoms with Crippen LogP contribution in [0, 0.1) is 0 Å². The maximum absolute atomic E-state index is 9.84. The molecule has 0 aromatic heterocycles. The summed E-state index contributed by atoms with van der Waals surface area (Å²) < 4.78 is 24.3. The van der Waals surface area contributed by atoms with E-state index in [0.29, 0.717) is 11.5 Å². The summed E-state index contributed by atoms with van der Waals surface area (Å²) in [5, 5.41) is 19.7. The van der Waals surface area contributed by atoms with Gasteiger partial charge in [-0.15, -0.1) is 0 Å². The van der Waals surface area contributed by atoms with Gasteiger partial charge in [0.15, 0.2) is 56.3 Å². The van der Waals surface area contributed by atoms with Gasteiger partial charge in [0.25, 0.3) is 0 Å². The first-order chi connectivity index (χ1) is 20.5. The molecule has 2 aromatic rings. The van der Waals surface area contributed by atoms with Crippen molar-refractivity contribution in [2.75, 3.05) is 14.2 Å². The molecule has 0 bridgehead atoms. The molecule has 0 saturated carbocycles. The Hall–Kier alpha value is -1.57. The van der Waals surface area contributed by atoms with E-state index in [9.17, 15) is 10.2 Å². The molecule has 0 saturated heterocycles. The maximum Gasteiger partial charge on any atom is 0.173 e. The third-order valence-corrected chi connectivity index (χ3v) is 23.5. The number of rotatable bonds is 21. The Kier molecular flexibility index (Phi) is 15.2. The monoisotopic (exact) mass is 678 g/mol. The summed E-state index contributed by atoms with van der Waals surface area (Å²) in [4.78, 5) is 0. The van der Waals surface area contributed by atoms with Gasteiger partial charge in [-0.3, -0.25) is 0 Å². The third kappa shape index (κ3) is 14.7. The second-order valence-corrected chi connectivity index (χ2v) is 32.6. The highest BCUT2D eigenvalue weighted by atomic mass is 28.4. The summed E-state index contributed by atoms with van der Waals surface area (Å²) >= 11 is 0. The van der Waals surface area contributed by atoms with Crippen LogP contribution in [0.3, 0.4) is 0 Å². The SMILES string of the molecule is COc1cc(CCC[Si](C)(C)O[Si](C)(C)CCCCCC[Si](C)(C)O[Si](C)(C)CCCc2ccc(O)c(OC)c2)ccc1O. The Morgan fingerprint density at radius 2 is 0.795 bits per heavy atom. The highest BCUT2D eigenvalue weighted by molar-refractivity contribution is 6.85. The fraction of sp³-hybridized carbons (Fsp3) is 0.647. The molecule has 2 N–H and O–H groups in total. The van der Waals surface area contributed by atoms with E-state index < -0.39 is 33.3 Å². The number of hydrogen-bond donors (Lipinski definition) is 2. The van der Waals surface area contributed by atoms with E-state index in [1.165, 1.54) is 48.9 Å². The normalized spacial score (nSPS) is 12.9. The van der Waals surface area contributed by atoms with E-state index in [1.807, 2.05) is 24.3 Å². The van der Waals surface area contributed by atoms with E-state index in [-0.39, 0.29) is 11.5 Å². The van der Waals surface area contributed by atoms with Crippen molar-refractivity contribution in [2.45, 2.75) is 128 Å². The van der Waals surface area contributed by atoms with Gasteiger partial charge in [0.05, 0.1) is 14.2 Å². The summed E-state index contributed by atoms with van der Waals surface area (Å²) in [6, 6.07) is 16.1. The lowest BCUT2D eigenvalue weighted by Crippen LogP contribution is -2.44. The summed E-state index contributed by atoms with van der Waals surface area (Å²) in [7, 11) is -3.63. The topological polar surface area (TPSA) is 77.4 Å². The zero-order valence-electron chi connectivity index (χ0n) is 29.5. The molecule has 0 fully saturated rings. The summed E-state index contributed by atoms with van der Waals surface area (Å²) in [5.74, 6) is 1.49. The predicted molar refractivity (Wildman–Crippen MR) is 196 cm³/mol. The van der Waals surface area contributed by atoms with Crippen LogP contribution >= 0.6 is 0 Å². The van der Waals surface area contributed by atoms with Crippen LogP contribution in [0.2, 0.25) is 76.6 Å². The minimum atomic E-state index is -1.73. The van der Waals surface area contributed by atoms with E-state index >= 15 is 0 Å². The van der Waals surface area contributed by atoms with Crippen molar-refractivity contribution in [1.82, 2.24) is 0 Å². The molecule has 0 aliphatic carbocycles. The van der Waals surface area contributed by atoms with Gasteiger partial charge in [-0.1, -0.05) is 37.8 Å². The molecule has 0 radical (unpaired) electrons. The van der Waals surface area contributed by atoms with Crippen LogP contribution in [-0.4, -0.2) is 57.7 Å². The molecule has 0 unspecified atom stereocenters. The maximum atomic E-state index is 9.84. The zero-order chi connectivity index (χ0) is 33.0. The number of phenolic OH excluding ortho intramolecular Hbond substituents is 2. The molecule has 10 heteroatoms. The van der Waals surface area contributed by atoms with Crippen molar-refractivity contribution < 1.29 is 27.9 Å². The van der Waals surface area contributed by atoms with E-state index in [1.54, 1.807) is 26.4 Å². The van der Waals surface area contributed by atoms with Crippen LogP contribution in [0.15, 0.2) is 36.4 Å². The summed E-state index contributed by atoms with van der Waals surface area (Å²) in [6.07, 6.45) is 9.27. The van der Waals surface area contributed by atoms with Crippen LogP contribution in [0.25, 0.3) is 0 Å². The number of hydrogen-bond acceptors (Lipinski definition) is 6. The Morgan fingerprint density at radius 3 is 1.11 bits per heavy atom. The van der Waals surface area contributed by atoms with Gasteiger partial charge in [-0.25, -0.2) is 0 Å². The number of aryl methyl sites for hydroxylation is 2. The lowest BCUT2D eigenvalue weighted by atomic mass is 10.1. The number of phenols is 2. The molecule has 0 aliphatic heterocycles.